The van der Waals surface area contributed by atoms with Crippen LogP contribution in [0.25, 0.3) is 10.8 Å². The van der Waals surface area contributed by atoms with E-state index in [4.69, 9.17) is 0 Å². The molecule has 8 heteroatoms. The number of fused-ring (bicyclic) bond motifs is 4. The second-order valence-electron chi connectivity index (χ2n) is 7.35. The SMILES string of the molecule is C[NH+](C)[C@@H]1N(C(=O)c2cccc3ccccc23)N=C2c3ccccc3S(=O)(=O)N21. The van der Waals surface area contributed by atoms with E-state index in [1.807, 2.05) is 50.5 Å². The van der Waals surface area contributed by atoms with E-state index in [1.54, 1.807) is 30.3 Å². The van der Waals surface area contributed by atoms with E-state index in [0.717, 1.165) is 15.7 Å². The molecule has 0 bridgehead atoms. The number of sulfonamides is 1. The first-order valence-electron chi connectivity index (χ1n) is 9.25. The van der Waals surface area contributed by atoms with Crippen molar-refractivity contribution in [2.75, 3.05) is 14.1 Å². The molecule has 0 spiro atoms. The van der Waals surface area contributed by atoms with Gasteiger partial charge in [-0.2, -0.15) is 9.31 Å². The third-order valence-corrected chi connectivity index (χ3v) is 7.08. The number of rotatable bonds is 2. The van der Waals surface area contributed by atoms with Crippen LogP contribution in [0.3, 0.4) is 0 Å². The molecule has 29 heavy (non-hydrogen) atoms. The summed E-state index contributed by atoms with van der Waals surface area (Å²) in [6, 6.07) is 19.9. The molecule has 2 heterocycles. The summed E-state index contributed by atoms with van der Waals surface area (Å²) in [5.74, 6) is -0.0389. The van der Waals surface area contributed by atoms with E-state index in [2.05, 4.69) is 5.10 Å². The molecule has 2 aliphatic rings. The van der Waals surface area contributed by atoms with Gasteiger partial charge in [0.2, 0.25) is 0 Å². The number of carbonyl (C=O) groups excluding carboxylic acids is 1. The highest BCUT2D eigenvalue weighted by molar-refractivity contribution is 7.90. The molecule has 1 atom stereocenters. The maximum Gasteiger partial charge on any atom is 0.281 e. The quantitative estimate of drug-likeness (QED) is 0.691. The highest BCUT2D eigenvalue weighted by atomic mass is 32.2. The summed E-state index contributed by atoms with van der Waals surface area (Å²) >= 11 is 0. The first-order chi connectivity index (χ1) is 13.9. The zero-order chi connectivity index (χ0) is 20.3. The monoisotopic (exact) mass is 407 g/mol. The van der Waals surface area contributed by atoms with Crippen LogP contribution in [0.15, 0.2) is 76.7 Å². The van der Waals surface area contributed by atoms with Crippen LogP contribution in [-0.4, -0.2) is 49.9 Å². The Morgan fingerprint density at radius 1 is 0.966 bits per heavy atom. The van der Waals surface area contributed by atoms with Crippen LogP contribution in [0.5, 0.6) is 0 Å². The van der Waals surface area contributed by atoms with Gasteiger partial charge in [0.25, 0.3) is 22.2 Å². The molecule has 3 aromatic carbocycles. The number of hydrogen-bond donors (Lipinski definition) is 1. The van der Waals surface area contributed by atoms with E-state index >= 15 is 0 Å². The third-order valence-electron chi connectivity index (χ3n) is 5.27. The van der Waals surface area contributed by atoms with Crippen molar-refractivity contribution in [2.45, 2.75) is 11.2 Å². The molecule has 3 aromatic rings. The van der Waals surface area contributed by atoms with Gasteiger partial charge in [-0.1, -0.05) is 48.5 Å². The molecule has 7 nitrogen and oxygen atoms in total. The lowest BCUT2D eigenvalue weighted by Gasteiger charge is -2.29. The van der Waals surface area contributed by atoms with Gasteiger partial charge in [0.1, 0.15) is 0 Å². The number of nitrogens with one attached hydrogen (secondary N) is 1. The lowest BCUT2D eigenvalue weighted by molar-refractivity contribution is -0.904. The van der Waals surface area contributed by atoms with Gasteiger partial charge in [-0.3, -0.25) is 9.69 Å². The minimum Gasteiger partial charge on any atom is -0.299 e. The number of amidine groups is 1. The molecule has 0 saturated heterocycles. The van der Waals surface area contributed by atoms with Crippen molar-refractivity contribution < 1.29 is 18.1 Å². The molecule has 1 N–H and O–H groups in total. The molecule has 0 aliphatic carbocycles. The molecule has 0 saturated carbocycles. The highest BCUT2D eigenvalue weighted by Gasteiger charge is 2.54. The summed E-state index contributed by atoms with van der Waals surface area (Å²) in [6.45, 7) is 0. The van der Waals surface area contributed by atoms with Gasteiger partial charge in [0, 0.05) is 11.1 Å². The Morgan fingerprint density at radius 2 is 1.66 bits per heavy atom. The van der Waals surface area contributed by atoms with E-state index in [1.165, 1.54) is 9.31 Å². The number of carbonyl (C=O) groups is 1. The van der Waals surface area contributed by atoms with E-state index in [-0.39, 0.29) is 10.8 Å². The van der Waals surface area contributed by atoms with Gasteiger partial charge >= 0.3 is 0 Å². The first-order valence-corrected chi connectivity index (χ1v) is 10.7. The van der Waals surface area contributed by atoms with Crippen molar-refractivity contribution in [2.24, 2.45) is 5.10 Å². The van der Waals surface area contributed by atoms with Gasteiger partial charge in [-0.25, -0.2) is 8.42 Å². The number of hydrazone groups is 1. The smallest absolute Gasteiger partial charge is 0.281 e. The molecular weight excluding hydrogens is 388 g/mol. The summed E-state index contributed by atoms with van der Waals surface area (Å²) < 4.78 is 27.6. The van der Waals surface area contributed by atoms with Crippen molar-refractivity contribution in [1.29, 1.82) is 0 Å². The lowest BCUT2D eigenvalue weighted by Crippen LogP contribution is -3.13. The van der Waals surface area contributed by atoms with Crippen molar-refractivity contribution in [3.63, 3.8) is 0 Å². The molecule has 1 amide bonds. The summed E-state index contributed by atoms with van der Waals surface area (Å²) in [5, 5.41) is 7.54. The van der Waals surface area contributed by atoms with Crippen molar-refractivity contribution in [3.8, 4) is 0 Å². The van der Waals surface area contributed by atoms with Gasteiger partial charge in [0.05, 0.1) is 19.0 Å². The molecular formula is C21H19N4O3S+. The van der Waals surface area contributed by atoms with Crippen LogP contribution in [0.4, 0.5) is 0 Å². The Labute approximate surface area is 168 Å². The molecule has 0 unspecified atom stereocenters. The van der Waals surface area contributed by atoms with Crippen LogP contribution in [0.2, 0.25) is 0 Å². The van der Waals surface area contributed by atoms with E-state index < -0.39 is 16.3 Å². The Kier molecular flexibility index (Phi) is 3.77. The Balaban J connectivity index is 1.68. The zero-order valence-corrected chi connectivity index (χ0v) is 16.7. The van der Waals surface area contributed by atoms with Crippen molar-refractivity contribution in [3.05, 3.63) is 77.9 Å². The maximum atomic E-state index is 13.5. The summed E-state index contributed by atoms with van der Waals surface area (Å²) in [4.78, 5) is 14.5. The van der Waals surface area contributed by atoms with Crippen LogP contribution >= 0.6 is 0 Å². The van der Waals surface area contributed by atoms with Gasteiger partial charge in [-0.15, -0.1) is 5.10 Å². The minimum atomic E-state index is -3.78. The summed E-state index contributed by atoms with van der Waals surface area (Å²) in [6.07, 6.45) is -0.797. The standard InChI is InChI=1S/C21H18N4O3S/c1-23(2)21-24(20(26)16-12-7-9-14-8-3-4-10-15(14)16)22-19-17-11-5-6-13-18(17)29(27,28)25(19)21/h3-13,21H,1-2H3/p+1/t21-/m1/s1. The summed E-state index contributed by atoms with van der Waals surface area (Å²) in [5.41, 5.74) is 1.01. The molecule has 2 aliphatic heterocycles. The highest BCUT2D eigenvalue weighted by Crippen LogP contribution is 2.36. The maximum absolute atomic E-state index is 13.5. The van der Waals surface area contributed by atoms with Crippen molar-refractivity contribution >= 4 is 32.5 Å². The van der Waals surface area contributed by atoms with Crippen LogP contribution in [0.1, 0.15) is 15.9 Å². The zero-order valence-electron chi connectivity index (χ0n) is 15.9. The lowest BCUT2D eigenvalue weighted by atomic mass is 10.0. The number of quaternary nitrogens is 1. The normalized spacial score (nSPS) is 19.4. The number of amides is 1. The van der Waals surface area contributed by atoms with Gasteiger partial charge in [0.15, 0.2) is 5.84 Å². The predicted molar refractivity (Wildman–Crippen MR) is 109 cm³/mol. The number of benzene rings is 3. The van der Waals surface area contributed by atoms with Gasteiger partial charge in [-0.05, 0) is 29.0 Å². The van der Waals surface area contributed by atoms with E-state index in [9.17, 15) is 13.2 Å². The fourth-order valence-electron chi connectivity index (χ4n) is 3.99. The molecule has 0 aromatic heterocycles. The molecule has 0 fully saturated rings. The van der Waals surface area contributed by atoms with Crippen LogP contribution in [-0.2, 0) is 10.0 Å². The van der Waals surface area contributed by atoms with Crippen molar-refractivity contribution in [1.82, 2.24) is 9.31 Å². The topological polar surface area (TPSA) is 74.5 Å². The second-order valence-corrected chi connectivity index (χ2v) is 9.13. The Bertz CT molecular complexity index is 1290. The summed E-state index contributed by atoms with van der Waals surface area (Å²) in [7, 11) is -0.160. The number of nitrogens with zero attached hydrogens (tertiary/aromatic N) is 3. The Hall–Kier alpha value is -3.23. The van der Waals surface area contributed by atoms with Gasteiger partial charge < -0.3 is 0 Å². The van der Waals surface area contributed by atoms with Crippen LogP contribution in [0, 0.1) is 0 Å². The minimum absolute atomic E-state index is 0.224. The predicted octanol–water partition coefficient (Wildman–Crippen LogP) is 1.09. The molecule has 0 radical (unpaired) electrons. The number of hydrogen-bond acceptors (Lipinski definition) is 4. The third kappa shape index (κ3) is 2.43. The van der Waals surface area contributed by atoms with E-state index in [0.29, 0.717) is 17.0 Å². The second kappa shape index (κ2) is 6.13. The van der Waals surface area contributed by atoms with Crippen LogP contribution < -0.4 is 4.90 Å². The first kappa shape index (κ1) is 17.8. The molecule has 146 valence electrons. The largest absolute Gasteiger partial charge is 0.299 e. The molecule has 5 rings (SSSR count). The average Bonchev–Trinajstić information content (AvgIpc) is 3.23. The Morgan fingerprint density at radius 3 is 2.45 bits per heavy atom. The average molecular weight is 407 g/mol. The fourth-order valence-corrected chi connectivity index (χ4v) is 5.81. The fraction of sp³-hybridized carbons (Fsp3) is 0.143.